The average Bonchev–Trinajstić information content (AvgIpc) is 2.10. The first-order valence-corrected chi connectivity index (χ1v) is 5.15. The first kappa shape index (κ1) is 13.4. The van der Waals surface area contributed by atoms with Gasteiger partial charge in [-0.1, -0.05) is 20.3 Å². The number of carbonyl (C=O) groups excluding carboxylic acids is 1. The number of rotatable bonds is 6. The van der Waals surface area contributed by atoms with Gasteiger partial charge < -0.3 is 5.11 Å². The van der Waals surface area contributed by atoms with Gasteiger partial charge in [0.05, 0.1) is 6.10 Å². The number of carbonyl (C=O) groups is 1. The molecule has 0 aliphatic rings. The zero-order chi connectivity index (χ0) is 11.1. The predicted molar refractivity (Wildman–Crippen MR) is 56.2 cm³/mol. The van der Waals surface area contributed by atoms with Gasteiger partial charge in [0.1, 0.15) is 0 Å². The van der Waals surface area contributed by atoms with E-state index in [0.717, 1.165) is 12.8 Å². The molecule has 0 bridgehead atoms. The van der Waals surface area contributed by atoms with Crippen molar-refractivity contribution < 1.29 is 9.90 Å². The lowest BCUT2D eigenvalue weighted by Gasteiger charge is -2.17. The molecular formula is C10H22N2O2. The first-order chi connectivity index (χ1) is 6.47. The van der Waals surface area contributed by atoms with Crippen LogP contribution in [0.15, 0.2) is 0 Å². The molecular weight excluding hydrogens is 180 g/mol. The first-order valence-electron chi connectivity index (χ1n) is 5.15. The summed E-state index contributed by atoms with van der Waals surface area (Å²) in [6, 6.07) is 0. The van der Waals surface area contributed by atoms with Crippen LogP contribution in [0.3, 0.4) is 0 Å². The van der Waals surface area contributed by atoms with Crippen LogP contribution in [0.5, 0.6) is 0 Å². The summed E-state index contributed by atoms with van der Waals surface area (Å²) < 4.78 is 0. The summed E-state index contributed by atoms with van der Waals surface area (Å²) in [5, 5.41) is 9.21. The lowest BCUT2D eigenvalue weighted by molar-refractivity contribution is -0.126. The molecule has 0 aromatic heterocycles. The summed E-state index contributed by atoms with van der Waals surface area (Å²) in [5.41, 5.74) is 2.14. The SMILES string of the molecule is CC(C)CC[C@H](C[C@@H](C)O)C(=O)NN. The van der Waals surface area contributed by atoms with Gasteiger partial charge in [0.2, 0.25) is 5.91 Å². The molecule has 0 aliphatic carbocycles. The Bertz CT molecular complexity index is 170. The zero-order valence-corrected chi connectivity index (χ0v) is 9.29. The number of aliphatic hydroxyl groups excluding tert-OH is 1. The highest BCUT2D eigenvalue weighted by Crippen LogP contribution is 2.17. The highest BCUT2D eigenvalue weighted by atomic mass is 16.3. The Morgan fingerprint density at radius 3 is 2.29 bits per heavy atom. The van der Waals surface area contributed by atoms with Crippen molar-refractivity contribution >= 4 is 5.91 Å². The van der Waals surface area contributed by atoms with E-state index >= 15 is 0 Å². The van der Waals surface area contributed by atoms with E-state index in [1.54, 1.807) is 6.92 Å². The zero-order valence-electron chi connectivity index (χ0n) is 9.29. The third-order valence-electron chi connectivity index (χ3n) is 2.23. The highest BCUT2D eigenvalue weighted by molar-refractivity contribution is 5.77. The van der Waals surface area contributed by atoms with Crippen molar-refractivity contribution in [2.75, 3.05) is 0 Å². The molecule has 0 fully saturated rings. The van der Waals surface area contributed by atoms with Crippen LogP contribution in [-0.2, 0) is 4.79 Å². The average molecular weight is 202 g/mol. The Hall–Kier alpha value is -0.610. The van der Waals surface area contributed by atoms with E-state index in [-0.39, 0.29) is 11.8 Å². The molecule has 0 heterocycles. The molecule has 4 heteroatoms. The quantitative estimate of drug-likeness (QED) is 0.339. The van der Waals surface area contributed by atoms with E-state index in [2.05, 4.69) is 19.3 Å². The lowest BCUT2D eigenvalue weighted by atomic mass is 9.92. The van der Waals surface area contributed by atoms with E-state index in [1.807, 2.05) is 0 Å². The third-order valence-corrected chi connectivity index (χ3v) is 2.23. The van der Waals surface area contributed by atoms with Gasteiger partial charge in [-0.3, -0.25) is 10.2 Å². The Balaban J connectivity index is 4.04. The van der Waals surface area contributed by atoms with E-state index in [0.29, 0.717) is 12.3 Å². The Morgan fingerprint density at radius 1 is 1.36 bits per heavy atom. The van der Waals surface area contributed by atoms with Crippen LogP contribution in [0.1, 0.15) is 40.0 Å². The summed E-state index contributed by atoms with van der Waals surface area (Å²) in [5.74, 6) is 5.30. The van der Waals surface area contributed by atoms with Crippen LogP contribution in [0.2, 0.25) is 0 Å². The van der Waals surface area contributed by atoms with Gasteiger partial charge in [-0.05, 0) is 25.7 Å². The highest BCUT2D eigenvalue weighted by Gasteiger charge is 2.19. The molecule has 14 heavy (non-hydrogen) atoms. The molecule has 0 rings (SSSR count). The van der Waals surface area contributed by atoms with Crippen molar-refractivity contribution in [3.8, 4) is 0 Å². The Morgan fingerprint density at radius 2 is 1.93 bits per heavy atom. The molecule has 0 saturated heterocycles. The summed E-state index contributed by atoms with van der Waals surface area (Å²) in [7, 11) is 0. The molecule has 0 aromatic rings. The second kappa shape index (κ2) is 6.79. The number of hydrazine groups is 1. The molecule has 4 nitrogen and oxygen atoms in total. The number of amides is 1. The molecule has 0 aromatic carbocycles. The minimum absolute atomic E-state index is 0.164. The van der Waals surface area contributed by atoms with E-state index < -0.39 is 6.10 Å². The molecule has 4 N–H and O–H groups in total. The van der Waals surface area contributed by atoms with Crippen LogP contribution in [0, 0.1) is 11.8 Å². The number of nitrogens with two attached hydrogens (primary N) is 1. The summed E-state index contributed by atoms with van der Waals surface area (Å²) in [6.07, 6.45) is 1.79. The molecule has 0 saturated carbocycles. The second-order valence-electron chi connectivity index (χ2n) is 4.26. The minimum atomic E-state index is -0.454. The van der Waals surface area contributed by atoms with Crippen molar-refractivity contribution in [2.45, 2.75) is 46.1 Å². The standard InChI is InChI=1S/C10H22N2O2/c1-7(2)4-5-9(6-8(3)13)10(14)12-11/h7-9,13H,4-6,11H2,1-3H3,(H,12,14)/t8-,9-/m1/s1. The van der Waals surface area contributed by atoms with Gasteiger partial charge >= 0.3 is 0 Å². The number of aliphatic hydroxyl groups is 1. The monoisotopic (exact) mass is 202 g/mol. The van der Waals surface area contributed by atoms with Gasteiger partial charge in [-0.25, -0.2) is 5.84 Å². The summed E-state index contributed by atoms with van der Waals surface area (Å²) in [4.78, 5) is 11.3. The van der Waals surface area contributed by atoms with Crippen molar-refractivity contribution in [3.05, 3.63) is 0 Å². The number of nitrogens with one attached hydrogen (secondary N) is 1. The van der Waals surface area contributed by atoms with Crippen LogP contribution < -0.4 is 11.3 Å². The largest absolute Gasteiger partial charge is 0.393 e. The Kier molecular flexibility index (Phi) is 6.49. The van der Waals surface area contributed by atoms with Gasteiger partial charge in [0, 0.05) is 5.92 Å². The van der Waals surface area contributed by atoms with Crippen LogP contribution in [0.25, 0.3) is 0 Å². The van der Waals surface area contributed by atoms with Gasteiger partial charge in [0.15, 0.2) is 0 Å². The second-order valence-corrected chi connectivity index (χ2v) is 4.26. The fourth-order valence-corrected chi connectivity index (χ4v) is 1.42. The normalized spacial score (nSPS) is 15.3. The Labute approximate surface area is 85.8 Å². The third kappa shape index (κ3) is 5.94. The van der Waals surface area contributed by atoms with Crippen molar-refractivity contribution in [2.24, 2.45) is 17.7 Å². The number of hydrogen-bond acceptors (Lipinski definition) is 3. The molecule has 0 unspecified atom stereocenters. The fourth-order valence-electron chi connectivity index (χ4n) is 1.42. The van der Waals surface area contributed by atoms with Gasteiger partial charge in [0.25, 0.3) is 0 Å². The molecule has 1 amide bonds. The molecule has 0 aliphatic heterocycles. The maximum Gasteiger partial charge on any atom is 0.237 e. The van der Waals surface area contributed by atoms with E-state index in [9.17, 15) is 9.90 Å². The maximum absolute atomic E-state index is 11.3. The maximum atomic E-state index is 11.3. The molecule has 84 valence electrons. The smallest absolute Gasteiger partial charge is 0.237 e. The molecule has 2 atom stereocenters. The minimum Gasteiger partial charge on any atom is -0.393 e. The predicted octanol–water partition coefficient (Wildman–Crippen LogP) is 0.800. The topological polar surface area (TPSA) is 75.3 Å². The summed E-state index contributed by atoms with van der Waals surface area (Å²) >= 11 is 0. The van der Waals surface area contributed by atoms with Crippen LogP contribution in [0.4, 0.5) is 0 Å². The fraction of sp³-hybridized carbons (Fsp3) is 0.900. The molecule has 0 spiro atoms. The van der Waals surface area contributed by atoms with Crippen molar-refractivity contribution in [3.63, 3.8) is 0 Å². The lowest BCUT2D eigenvalue weighted by Crippen LogP contribution is -2.37. The van der Waals surface area contributed by atoms with Gasteiger partial charge in [-0.15, -0.1) is 0 Å². The van der Waals surface area contributed by atoms with Crippen LogP contribution in [-0.4, -0.2) is 17.1 Å². The van der Waals surface area contributed by atoms with Gasteiger partial charge in [-0.2, -0.15) is 0 Å². The van der Waals surface area contributed by atoms with Crippen molar-refractivity contribution in [1.29, 1.82) is 0 Å². The van der Waals surface area contributed by atoms with Crippen LogP contribution >= 0.6 is 0 Å². The van der Waals surface area contributed by atoms with E-state index in [4.69, 9.17) is 5.84 Å². The number of hydrogen-bond donors (Lipinski definition) is 3. The van der Waals surface area contributed by atoms with E-state index in [1.165, 1.54) is 0 Å². The van der Waals surface area contributed by atoms with Crippen molar-refractivity contribution in [1.82, 2.24) is 5.43 Å². The molecule has 0 radical (unpaired) electrons. The summed E-state index contributed by atoms with van der Waals surface area (Å²) in [6.45, 7) is 5.91.